The van der Waals surface area contributed by atoms with Crippen molar-refractivity contribution in [2.45, 2.75) is 18.7 Å². The van der Waals surface area contributed by atoms with Crippen LogP contribution in [0.1, 0.15) is 35.4 Å². The van der Waals surface area contributed by atoms with Crippen LogP contribution in [0.2, 0.25) is 5.02 Å². The van der Waals surface area contributed by atoms with E-state index in [2.05, 4.69) is 6.07 Å². The smallest absolute Gasteiger partial charge is 0.213 e. The normalized spacial score (nSPS) is 19.8. The molecule has 0 amide bonds. The van der Waals surface area contributed by atoms with Crippen molar-refractivity contribution in [3.05, 3.63) is 94.3 Å². The molecule has 2 atom stereocenters. The standard InChI is InChI=1S/C23H18ClFN2O2/c1-28-16-6-4-5-14(11-16)20-13-21-17-7-2-3-8-22(17)29-23(27(21)26-20)15-9-10-18(24)19(25)12-15/h2-12,21,23H,13H2,1H3. The maximum atomic E-state index is 14.1. The zero-order valence-corrected chi connectivity index (χ0v) is 16.4. The molecule has 0 saturated heterocycles. The molecule has 29 heavy (non-hydrogen) atoms. The van der Waals surface area contributed by atoms with E-state index in [4.69, 9.17) is 26.2 Å². The van der Waals surface area contributed by atoms with Crippen molar-refractivity contribution < 1.29 is 13.9 Å². The first-order valence-electron chi connectivity index (χ1n) is 9.35. The molecule has 6 heteroatoms. The first-order chi connectivity index (χ1) is 14.1. The lowest BCUT2D eigenvalue weighted by atomic mass is 9.96. The van der Waals surface area contributed by atoms with Crippen molar-refractivity contribution in [3.8, 4) is 11.5 Å². The summed E-state index contributed by atoms with van der Waals surface area (Å²) in [6.07, 6.45) is 0.185. The number of nitrogens with zero attached hydrogens (tertiary/aromatic N) is 2. The highest BCUT2D eigenvalue weighted by molar-refractivity contribution is 6.30. The molecular weight excluding hydrogens is 391 g/mol. The van der Waals surface area contributed by atoms with Crippen LogP contribution in [0.5, 0.6) is 11.5 Å². The molecule has 2 heterocycles. The van der Waals surface area contributed by atoms with Crippen LogP contribution in [0.15, 0.2) is 71.8 Å². The molecule has 5 rings (SSSR count). The molecule has 0 radical (unpaired) electrons. The predicted octanol–water partition coefficient (Wildman–Crippen LogP) is 5.73. The predicted molar refractivity (Wildman–Crippen MR) is 110 cm³/mol. The minimum atomic E-state index is -0.537. The Labute approximate surface area is 173 Å². The number of para-hydroxylation sites is 1. The van der Waals surface area contributed by atoms with Crippen LogP contribution in [-0.4, -0.2) is 17.8 Å². The van der Waals surface area contributed by atoms with Crippen LogP contribution in [0.3, 0.4) is 0 Å². The number of halogens is 2. The van der Waals surface area contributed by atoms with Gasteiger partial charge in [-0.15, -0.1) is 0 Å². The summed E-state index contributed by atoms with van der Waals surface area (Å²) in [7, 11) is 1.65. The van der Waals surface area contributed by atoms with E-state index in [0.29, 0.717) is 5.56 Å². The molecule has 0 aromatic heterocycles. The number of hydrazone groups is 1. The third kappa shape index (κ3) is 3.12. The molecule has 2 unspecified atom stereocenters. The third-order valence-corrected chi connectivity index (χ3v) is 5.64. The second-order valence-corrected chi connectivity index (χ2v) is 7.47. The lowest BCUT2D eigenvalue weighted by Crippen LogP contribution is -2.33. The molecule has 3 aromatic carbocycles. The van der Waals surface area contributed by atoms with Gasteiger partial charge in [-0.2, -0.15) is 5.10 Å². The fourth-order valence-electron chi connectivity index (χ4n) is 3.90. The molecule has 0 spiro atoms. The quantitative estimate of drug-likeness (QED) is 0.555. The number of methoxy groups -OCH3 is 1. The molecule has 4 nitrogen and oxygen atoms in total. The van der Waals surface area contributed by atoms with Gasteiger partial charge >= 0.3 is 0 Å². The first-order valence-corrected chi connectivity index (χ1v) is 9.72. The lowest BCUT2D eigenvalue weighted by molar-refractivity contribution is -0.0192. The zero-order valence-electron chi connectivity index (χ0n) is 15.7. The van der Waals surface area contributed by atoms with Crippen LogP contribution in [0, 0.1) is 5.82 Å². The van der Waals surface area contributed by atoms with E-state index in [1.807, 2.05) is 47.5 Å². The van der Waals surface area contributed by atoms with E-state index >= 15 is 0 Å². The van der Waals surface area contributed by atoms with E-state index in [9.17, 15) is 4.39 Å². The molecule has 2 aliphatic heterocycles. The van der Waals surface area contributed by atoms with Gasteiger partial charge in [-0.25, -0.2) is 9.40 Å². The number of rotatable bonds is 3. The molecular formula is C23H18ClFN2O2. The molecule has 0 aliphatic carbocycles. The van der Waals surface area contributed by atoms with Gasteiger partial charge in [0.2, 0.25) is 6.23 Å². The van der Waals surface area contributed by atoms with E-state index in [1.165, 1.54) is 6.07 Å². The Bertz CT molecular complexity index is 1120. The molecule has 2 aliphatic rings. The fourth-order valence-corrected chi connectivity index (χ4v) is 4.01. The summed E-state index contributed by atoms with van der Waals surface area (Å²) in [5, 5.41) is 6.88. The highest BCUT2D eigenvalue weighted by Crippen LogP contribution is 2.47. The van der Waals surface area contributed by atoms with Crippen LogP contribution in [0.25, 0.3) is 0 Å². The fraction of sp³-hybridized carbons (Fsp3) is 0.174. The van der Waals surface area contributed by atoms with Crippen molar-refractivity contribution in [1.29, 1.82) is 0 Å². The number of hydrogen-bond acceptors (Lipinski definition) is 4. The Morgan fingerprint density at radius 3 is 2.79 bits per heavy atom. The zero-order chi connectivity index (χ0) is 20.0. The third-order valence-electron chi connectivity index (χ3n) is 5.33. The van der Waals surface area contributed by atoms with Crippen molar-refractivity contribution in [2.24, 2.45) is 5.10 Å². The van der Waals surface area contributed by atoms with Gasteiger partial charge in [-0.05, 0) is 30.3 Å². The molecule has 0 saturated carbocycles. The number of benzene rings is 3. The monoisotopic (exact) mass is 408 g/mol. The summed E-state index contributed by atoms with van der Waals surface area (Å²) in [4.78, 5) is 0. The minimum absolute atomic E-state index is 0.00453. The maximum absolute atomic E-state index is 14.1. The Hall–Kier alpha value is -3.05. The minimum Gasteiger partial charge on any atom is -0.497 e. The summed E-state index contributed by atoms with van der Waals surface area (Å²) < 4.78 is 25.7. The average Bonchev–Trinajstić information content (AvgIpc) is 3.21. The molecule has 3 aromatic rings. The average molecular weight is 409 g/mol. The van der Waals surface area contributed by atoms with Crippen molar-refractivity contribution in [2.75, 3.05) is 7.11 Å². The van der Waals surface area contributed by atoms with E-state index < -0.39 is 12.0 Å². The van der Waals surface area contributed by atoms with Gasteiger partial charge in [-0.1, -0.05) is 48.0 Å². The highest BCUT2D eigenvalue weighted by atomic mass is 35.5. The SMILES string of the molecule is COc1cccc(C2=NN3C(C2)c2ccccc2OC3c2ccc(Cl)c(F)c2)c1. The van der Waals surface area contributed by atoms with Crippen LogP contribution >= 0.6 is 11.6 Å². The molecule has 0 bridgehead atoms. The van der Waals surface area contributed by atoms with Gasteiger partial charge in [0.1, 0.15) is 17.3 Å². The van der Waals surface area contributed by atoms with Crippen molar-refractivity contribution >= 4 is 17.3 Å². The summed E-state index contributed by atoms with van der Waals surface area (Å²) >= 11 is 5.87. The number of hydrogen-bond donors (Lipinski definition) is 0. The van der Waals surface area contributed by atoms with Crippen molar-refractivity contribution in [3.63, 3.8) is 0 Å². The van der Waals surface area contributed by atoms with Gasteiger partial charge in [-0.3, -0.25) is 0 Å². The second kappa shape index (κ2) is 7.08. The second-order valence-electron chi connectivity index (χ2n) is 7.06. The molecule has 0 fully saturated rings. The van der Waals surface area contributed by atoms with E-state index in [1.54, 1.807) is 19.2 Å². The summed E-state index contributed by atoms with van der Waals surface area (Å²) in [5.74, 6) is 1.10. The number of fused-ring (bicyclic) bond motifs is 3. The maximum Gasteiger partial charge on any atom is 0.213 e. The first kappa shape index (κ1) is 18.0. The Kier molecular flexibility index (Phi) is 4.40. The molecule has 146 valence electrons. The van der Waals surface area contributed by atoms with Gasteiger partial charge in [0, 0.05) is 23.1 Å². The summed E-state index contributed by atoms with van der Waals surface area (Å²) in [6.45, 7) is 0. The van der Waals surface area contributed by atoms with Gasteiger partial charge in [0.15, 0.2) is 0 Å². The van der Waals surface area contributed by atoms with Gasteiger partial charge in [0.05, 0.1) is 23.9 Å². The van der Waals surface area contributed by atoms with Crippen LogP contribution in [-0.2, 0) is 0 Å². The van der Waals surface area contributed by atoms with Gasteiger partial charge in [0.25, 0.3) is 0 Å². The van der Waals surface area contributed by atoms with Crippen molar-refractivity contribution in [1.82, 2.24) is 5.01 Å². The van der Waals surface area contributed by atoms with Gasteiger partial charge < -0.3 is 9.47 Å². The van der Waals surface area contributed by atoms with Crippen LogP contribution < -0.4 is 9.47 Å². The Morgan fingerprint density at radius 2 is 1.97 bits per heavy atom. The topological polar surface area (TPSA) is 34.1 Å². The highest BCUT2D eigenvalue weighted by Gasteiger charge is 2.41. The van der Waals surface area contributed by atoms with E-state index in [0.717, 1.165) is 34.8 Å². The number of ether oxygens (including phenoxy) is 2. The van der Waals surface area contributed by atoms with Crippen LogP contribution in [0.4, 0.5) is 4.39 Å². The Balaban J connectivity index is 1.59. The largest absolute Gasteiger partial charge is 0.497 e. The Morgan fingerprint density at radius 1 is 1.10 bits per heavy atom. The summed E-state index contributed by atoms with van der Waals surface area (Å²) in [5.41, 5.74) is 3.67. The summed E-state index contributed by atoms with van der Waals surface area (Å²) in [6, 6.07) is 20.5. The lowest BCUT2D eigenvalue weighted by Gasteiger charge is -2.38. The van der Waals surface area contributed by atoms with E-state index in [-0.39, 0.29) is 11.1 Å². The molecule has 0 N–H and O–H groups in total.